The highest BCUT2D eigenvalue weighted by Crippen LogP contribution is 2.28. The van der Waals surface area contributed by atoms with Crippen LogP contribution in [0.15, 0.2) is 0 Å². The van der Waals surface area contributed by atoms with Crippen molar-refractivity contribution in [3.8, 4) is 0 Å². The van der Waals surface area contributed by atoms with Crippen molar-refractivity contribution < 1.29 is 9.53 Å². The van der Waals surface area contributed by atoms with E-state index in [0.29, 0.717) is 12.6 Å². The van der Waals surface area contributed by atoms with Crippen LogP contribution in [-0.4, -0.2) is 43.3 Å². The molecule has 2 rings (SSSR count). The number of hydrogen-bond donors (Lipinski definition) is 1. The van der Waals surface area contributed by atoms with Crippen molar-refractivity contribution in [1.82, 2.24) is 10.2 Å². The lowest BCUT2D eigenvalue weighted by atomic mass is 10.0. The van der Waals surface area contributed by atoms with Crippen LogP contribution >= 0.6 is 0 Å². The van der Waals surface area contributed by atoms with Crippen LogP contribution in [0.1, 0.15) is 58.3 Å². The lowest BCUT2D eigenvalue weighted by Gasteiger charge is -2.31. The third-order valence-electron chi connectivity index (χ3n) is 4.72. The molecule has 0 aromatic heterocycles. The number of nitrogens with one attached hydrogen (secondary N) is 1. The number of nitrogens with zero attached hydrogens (tertiary/aromatic N) is 1. The first kappa shape index (κ1) is 15.6. The molecule has 4 nitrogen and oxygen atoms in total. The van der Waals surface area contributed by atoms with E-state index in [9.17, 15) is 4.79 Å². The number of hydrogen-bond acceptors (Lipinski definition) is 3. The largest absolute Gasteiger partial charge is 0.450 e. The number of piperidine rings is 1. The van der Waals surface area contributed by atoms with E-state index < -0.39 is 0 Å². The van der Waals surface area contributed by atoms with Gasteiger partial charge in [-0.2, -0.15) is 0 Å². The van der Waals surface area contributed by atoms with Gasteiger partial charge in [0.05, 0.1) is 6.61 Å². The lowest BCUT2D eigenvalue weighted by Crippen LogP contribution is -2.45. The lowest BCUT2D eigenvalue weighted by molar-refractivity contribution is 0.0951. The van der Waals surface area contributed by atoms with Gasteiger partial charge in [-0.15, -0.1) is 0 Å². The number of likely N-dealkylation sites (tertiary alicyclic amines) is 1. The van der Waals surface area contributed by atoms with E-state index in [4.69, 9.17) is 4.74 Å². The van der Waals surface area contributed by atoms with E-state index in [1.54, 1.807) is 0 Å². The van der Waals surface area contributed by atoms with E-state index in [1.807, 2.05) is 11.8 Å². The van der Waals surface area contributed by atoms with Crippen LogP contribution in [-0.2, 0) is 4.74 Å². The predicted molar refractivity (Wildman–Crippen MR) is 80.8 cm³/mol. The maximum Gasteiger partial charge on any atom is 0.409 e. The first-order valence-corrected chi connectivity index (χ1v) is 8.44. The van der Waals surface area contributed by atoms with Crippen molar-refractivity contribution in [2.45, 2.75) is 64.3 Å². The molecule has 4 heteroatoms. The monoisotopic (exact) mass is 282 g/mol. The van der Waals surface area contributed by atoms with Crippen LogP contribution in [0.4, 0.5) is 4.79 Å². The zero-order valence-electron chi connectivity index (χ0n) is 12.9. The summed E-state index contributed by atoms with van der Waals surface area (Å²) < 4.78 is 5.04. The Morgan fingerprint density at radius 3 is 2.55 bits per heavy atom. The number of ether oxygens (including phenoxy) is 1. The Morgan fingerprint density at radius 1 is 1.20 bits per heavy atom. The molecule has 0 aromatic carbocycles. The summed E-state index contributed by atoms with van der Waals surface area (Å²) in [7, 11) is 0. The highest BCUT2D eigenvalue weighted by Gasteiger charge is 2.23. The van der Waals surface area contributed by atoms with Crippen LogP contribution in [0.3, 0.4) is 0 Å². The fraction of sp³-hybridized carbons (Fsp3) is 0.938. The van der Waals surface area contributed by atoms with Crippen molar-refractivity contribution in [3.05, 3.63) is 0 Å². The molecule has 0 bridgehead atoms. The summed E-state index contributed by atoms with van der Waals surface area (Å²) in [6.07, 6.45) is 10.5. The normalized spacial score (nSPS) is 21.4. The fourth-order valence-corrected chi connectivity index (χ4v) is 3.48. The van der Waals surface area contributed by atoms with E-state index in [0.717, 1.165) is 38.4 Å². The van der Waals surface area contributed by atoms with Gasteiger partial charge in [0.25, 0.3) is 0 Å². The molecule has 1 aliphatic carbocycles. The van der Waals surface area contributed by atoms with Gasteiger partial charge in [0, 0.05) is 19.1 Å². The molecule has 1 aliphatic heterocycles. The summed E-state index contributed by atoms with van der Waals surface area (Å²) in [6.45, 7) is 5.13. The van der Waals surface area contributed by atoms with E-state index in [1.165, 1.54) is 38.5 Å². The molecule has 1 N–H and O–H groups in total. The molecule has 0 spiro atoms. The molecule has 0 radical (unpaired) electrons. The van der Waals surface area contributed by atoms with Gasteiger partial charge in [-0.05, 0) is 45.1 Å². The highest BCUT2D eigenvalue weighted by molar-refractivity contribution is 5.67. The second-order valence-electron chi connectivity index (χ2n) is 6.21. The minimum absolute atomic E-state index is 0.146. The first-order valence-electron chi connectivity index (χ1n) is 8.44. The maximum atomic E-state index is 11.6. The Bertz CT molecular complexity index is 282. The standard InChI is InChI=1S/C16H30N2O2/c1-2-20-16(19)18-12-9-15(10-13-18)17-11-5-8-14-6-3-4-7-14/h14-15,17H,2-13H2,1H3. The fourth-order valence-electron chi connectivity index (χ4n) is 3.48. The number of carbonyl (C=O) groups excluding carboxylic acids is 1. The molecule has 0 unspecified atom stereocenters. The van der Waals surface area contributed by atoms with Gasteiger partial charge >= 0.3 is 6.09 Å². The molecule has 1 amide bonds. The average molecular weight is 282 g/mol. The van der Waals surface area contributed by atoms with Gasteiger partial charge < -0.3 is 15.0 Å². The minimum atomic E-state index is -0.146. The van der Waals surface area contributed by atoms with Crippen molar-refractivity contribution in [1.29, 1.82) is 0 Å². The van der Waals surface area contributed by atoms with E-state index in [-0.39, 0.29) is 6.09 Å². The SMILES string of the molecule is CCOC(=O)N1CCC(NCCCC2CCCC2)CC1. The van der Waals surface area contributed by atoms with Crippen LogP contribution in [0.2, 0.25) is 0 Å². The molecule has 20 heavy (non-hydrogen) atoms. The quantitative estimate of drug-likeness (QED) is 0.761. The Kier molecular flexibility index (Phi) is 6.64. The molecule has 2 aliphatic rings. The number of carbonyl (C=O) groups is 1. The third kappa shape index (κ3) is 4.97. The van der Waals surface area contributed by atoms with Crippen LogP contribution in [0, 0.1) is 5.92 Å². The predicted octanol–water partition coefficient (Wildman–Crippen LogP) is 3.17. The van der Waals surface area contributed by atoms with Crippen LogP contribution in [0.25, 0.3) is 0 Å². The van der Waals surface area contributed by atoms with Gasteiger partial charge in [-0.1, -0.05) is 25.7 Å². The number of rotatable bonds is 6. The van der Waals surface area contributed by atoms with Gasteiger partial charge in [0.1, 0.15) is 0 Å². The second-order valence-corrected chi connectivity index (χ2v) is 6.21. The summed E-state index contributed by atoms with van der Waals surface area (Å²) in [5.74, 6) is 1.00. The summed E-state index contributed by atoms with van der Waals surface area (Å²) in [5, 5.41) is 3.66. The molecule has 2 fully saturated rings. The van der Waals surface area contributed by atoms with Gasteiger partial charge in [-0.3, -0.25) is 0 Å². The minimum Gasteiger partial charge on any atom is -0.450 e. The summed E-state index contributed by atoms with van der Waals surface area (Å²) in [4.78, 5) is 13.4. The Balaban J connectivity index is 1.52. The first-order chi connectivity index (χ1) is 9.79. The van der Waals surface area contributed by atoms with Crippen molar-refractivity contribution in [2.75, 3.05) is 26.2 Å². The zero-order valence-corrected chi connectivity index (χ0v) is 12.9. The number of amides is 1. The molecule has 1 saturated heterocycles. The Hall–Kier alpha value is -0.770. The van der Waals surface area contributed by atoms with Gasteiger partial charge in [0.15, 0.2) is 0 Å². The maximum absolute atomic E-state index is 11.6. The summed E-state index contributed by atoms with van der Waals surface area (Å²) in [5.41, 5.74) is 0. The smallest absolute Gasteiger partial charge is 0.409 e. The molecular weight excluding hydrogens is 252 g/mol. The third-order valence-corrected chi connectivity index (χ3v) is 4.72. The van der Waals surface area contributed by atoms with Crippen molar-refractivity contribution >= 4 is 6.09 Å². The van der Waals surface area contributed by atoms with Gasteiger partial charge in [-0.25, -0.2) is 4.79 Å². The van der Waals surface area contributed by atoms with Crippen molar-refractivity contribution in [2.24, 2.45) is 5.92 Å². The van der Waals surface area contributed by atoms with Crippen molar-refractivity contribution in [3.63, 3.8) is 0 Å². The van der Waals surface area contributed by atoms with Gasteiger partial charge in [0.2, 0.25) is 0 Å². The summed E-state index contributed by atoms with van der Waals surface area (Å²) >= 11 is 0. The van der Waals surface area contributed by atoms with E-state index in [2.05, 4.69) is 5.32 Å². The highest BCUT2D eigenvalue weighted by atomic mass is 16.6. The van der Waals surface area contributed by atoms with E-state index >= 15 is 0 Å². The molecule has 116 valence electrons. The van der Waals surface area contributed by atoms with Crippen LogP contribution in [0.5, 0.6) is 0 Å². The molecule has 1 heterocycles. The molecular formula is C16H30N2O2. The Labute approximate surface area is 123 Å². The average Bonchev–Trinajstić information content (AvgIpc) is 2.98. The summed E-state index contributed by atoms with van der Waals surface area (Å²) in [6, 6.07) is 0.587. The zero-order chi connectivity index (χ0) is 14.2. The molecule has 0 atom stereocenters. The topological polar surface area (TPSA) is 41.6 Å². The van der Waals surface area contributed by atoms with Crippen LogP contribution < -0.4 is 5.32 Å². The Morgan fingerprint density at radius 2 is 1.90 bits per heavy atom. The molecule has 1 saturated carbocycles. The second kappa shape index (κ2) is 8.50. The molecule has 0 aromatic rings.